The van der Waals surface area contributed by atoms with Gasteiger partial charge in [0.05, 0.1) is 5.56 Å². The quantitative estimate of drug-likeness (QED) is 0.505. The number of carbonyl (C=O) groups is 1. The van der Waals surface area contributed by atoms with Gasteiger partial charge in [0.25, 0.3) is 5.91 Å². The topological polar surface area (TPSA) is 99.7 Å². The number of halogens is 1. The summed E-state index contributed by atoms with van der Waals surface area (Å²) < 4.78 is 21.4. The molecule has 3 heterocycles. The molecule has 0 spiro atoms. The third kappa shape index (κ3) is 3.57. The van der Waals surface area contributed by atoms with Crippen molar-refractivity contribution in [3.8, 4) is 0 Å². The monoisotopic (exact) mass is 438 g/mol. The first-order valence-electron chi connectivity index (χ1n) is 10.3. The summed E-state index contributed by atoms with van der Waals surface area (Å²) in [6.07, 6.45) is 1.91. The van der Waals surface area contributed by atoms with Gasteiger partial charge in [-0.25, -0.2) is 9.37 Å². The Morgan fingerprint density at radius 1 is 1.19 bits per heavy atom. The Labute approximate surface area is 183 Å². The van der Waals surface area contributed by atoms with Gasteiger partial charge in [-0.1, -0.05) is 0 Å². The smallest absolute Gasteiger partial charge is 0.257 e. The van der Waals surface area contributed by atoms with Crippen LogP contribution < -0.4 is 10.2 Å². The number of aryl methyl sites for hydroxylation is 1. The lowest BCUT2D eigenvalue weighted by molar-refractivity contribution is 0.102. The highest BCUT2D eigenvalue weighted by molar-refractivity contribution is 6.14. The number of aromatic nitrogens is 3. The summed E-state index contributed by atoms with van der Waals surface area (Å²) in [7, 11) is 3.93. The average molecular weight is 438 g/mol. The largest absolute Gasteiger partial charge is 0.438 e. The highest BCUT2D eigenvalue weighted by Crippen LogP contribution is 2.30. The van der Waals surface area contributed by atoms with E-state index in [0.717, 1.165) is 37.3 Å². The molecule has 1 aliphatic rings. The Balaban J connectivity index is 1.48. The zero-order valence-corrected chi connectivity index (χ0v) is 17.8. The Morgan fingerprint density at radius 2 is 1.97 bits per heavy atom. The number of rotatable bonds is 4. The number of oxazole rings is 1. The van der Waals surface area contributed by atoms with Crippen LogP contribution in [0.5, 0.6) is 0 Å². The third-order valence-electron chi connectivity index (χ3n) is 5.74. The molecule has 2 aromatic heterocycles. The van der Waals surface area contributed by atoms with E-state index in [4.69, 9.17) is 9.52 Å². The highest BCUT2D eigenvalue weighted by Gasteiger charge is 2.22. The molecular weight excluding hydrogens is 415 g/mol. The molecule has 1 aliphatic heterocycles. The molecule has 0 bridgehead atoms. The SMILES string of the molecule is CN1CCN(c2ccc(C(=O)Nc3cc(F)c4nc(CO)oc4c3)c3nn(C)cc23)CC1. The van der Waals surface area contributed by atoms with E-state index in [9.17, 15) is 9.18 Å². The second kappa shape index (κ2) is 7.88. The number of aliphatic hydroxyl groups excluding tert-OH is 1. The molecule has 2 aromatic carbocycles. The lowest BCUT2D eigenvalue weighted by atomic mass is 10.1. The molecule has 9 nitrogen and oxygen atoms in total. The van der Waals surface area contributed by atoms with Gasteiger partial charge >= 0.3 is 0 Å². The van der Waals surface area contributed by atoms with E-state index in [0.29, 0.717) is 11.1 Å². The summed E-state index contributed by atoms with van der Waals surface area (Å²) in [4.78, 5) is 21.6. The first-order chi connectivity index (χ1) is 15.4. The van der Waals surface area contributed by atoms with Crippen LogP contribution in [0.1, 0.15) is 16.2 Å². The molecule has 1 amide bonds. The Hall–Kier alpha value is -3.50. The fraction of sp³-hybridized carbons (Fsp3) is 0.318. The fourth-order valence-electron chi connectivity index (χ4n) is 4.08. The van der Waals surface area contributed by atoms with Crippen molar-refractivity contribution >= 4 is 39.3 Å². The number of fused-ring (bicyclic) bond motifs is 2. The maximum atomic E-state index is 14.4. The molecule has 0 radical (unpaired) electrons. The molecule has 1 fully saturated rings. The number of hydrogen-bond acceptors (Lipinski definition) is 7. The van der Waals surface area contributed by atoms with Crippen LogP contribution >= 0.6 is 0 Å². The molecule has 0 aliphatic carbocycles. The van der Waals surface area contributed by atoms with Gasteiger partial charge in [-0.15, -0.1) is 0 Å². The standard InChI is InChI=1S/C22H23FN6O3/c1-27-5-7-29(8-6-27)17-4-3-14(20-15(17)11-28(2)26-20)22(31)24-13-9-16(23)21-18(10-13)32-19(12-30)25-21/h3-4,9-11,30H,5-8,12H2,1-2H3,(H,24,31). The highest BCUT2D eigenvalue weighted by atomic mass is 19.1. The van der Waals surface area contributed by atoms with Crippen LogP contribution in [0.15, 0.2) is 34.9 Å². The maximum Gasteiger partial charge on any atom is 0.257 e. The summed E-state index contributed by atoms with van der Waals surface area (Å²) in [6, 6.07) is 6.36. The van der Waals surface area contributed by atoms with Gasteiger partial charge in [0, 0.05) is 62.3 Å². The van der Waals surface area contributed by atoms with Gasteiger partial charge < -0.3 is 24.6 Å². The molecule has 0 saturated carbocycles. The first kappa shape index (κ1) is 20.4. The van der Waals surface area contributed by atoms with E-state index < -0.39 is 18.3 Å². The van der Waals surface area contributed by atoms with E-state index in [1.54, 1.807) is 10.7 Å². The Bertz CT molecular complexity index is 1320. The van der Waals surface area contributed by atoms with Gasteiger partial charge in [-0.2, -0.15) is 5.10 Å². The zero-order valence-electron chi connectivity index (χ0n) is 17.8. The molecule has 0 unspecified atom stereocenters. The molecule has 0 atom stereocenters. The molecule has 32 heavy (non-hydrogen) atoms. The second-order valence-corrected chi connectivity index (χ2v) is 8.01. The number of nitrogens with zero attached hydrogens (tertiary/aromatic N) is 5. The second-order valence-electron chi connectivity index (χ2n) is 8.01. The predicted octanol–water partition coefficient (Wildman–Crippen LogP) is 2.35. The number of nitrogens with one attached hydrogen (secondary N) is 1. The van der Waals surface area contributed by atoms with Gasteiger partial charge in [-0.05, 0) is 25.2 Å². The number of carbonyl (C=O) groups excluding carboxylic acids is 1. The minimum atomic E-state index is -0.644. The predicted molar refractivity (Wildman–Crippen MR) is 118 cm³/mol. The number of likely N-dealkylation sites (N-methyl/N-ethyl adjacent to an activating group) is 1. The number of piperazine rings is 1. The van der Waals surface area contributed by atoms with Crippen molar-refractivity contribution in [3.05, 3.63) is 47.7 Å². The van der Waals surface area contributed by atoms with Crippen molar-refractivity contribution in [1.29, 1.82) is 0 Å². The van der Waals surface area contributed by atoms with E-state index in [2.05, 4.69) is 32.2 Å². The van der Waals surface area contributed by atoms with Crippen LogP contribution in [0, 0.1) is 5.82 Å². The Kier molecular flexibility index (Phi) is 5.03. The summed E-state index contributed by atoms with van der Waals surface area (Å²) in [5, 5.41) is 17.3. The Morgan fingerprint density at radius 3 is 2.72 bits per heavy atom. The molecule has 5 rings (SSSR count). The van der Waals surface area contributed by atoms with Crippen molar-refractivity contribution in [3.63, 3.8) is 0 Å². The lowest BCUT2D eigenvalue weighted by Crippen LogP contribution is -2.44. The number of amides is 1. The fourth-order valence-corrected chi connectivity index (χ4v) is 4.08. The third-order valence-corrected chi connectivity index (χ3v) is 5.74. The lowest BCUT2D eigenvalue weighted by Gasteiger charge is -2.34. The van der Waals surface area contributed by atoms with Crippen molar-refractivity contribution < 1.29 is 18.7 Å². The molecular formula is C22H23FN6O3. The van der Waals surface area contributed by atoms with E-state index in [1.165, 1.54) is 12.1 Å². The van der Waals surface area contributed by atoms with Crippen LogP contribution in [-0.4, -0.2) is 63.9 Å². The summed E-state index contributed by atoms with van der Waals surface area (Å²) in [5.41, 5.74) is 2.42. The molecule has 1 saturated heterocycles. The molecule has 166 valence electrons. The normalized spacial score (nSPS) is 15.1. The van der Waals surface area contributed by atoms with Crippen molar-refractivity contribution in [2.75, 3.05) is 43.4 Å². The van der Waals surface area contributed by atoms with Crippen molar-refractivity contribution in [1.82, 2.24) is 19.7 Å². The van der Waals surface area contributed by atoms with Crippen LogP contribution in [0.4, 0.5) is 15.8 Å². The van der Waals surface area contributed by atoms with Crippen molar-refractivity contribution in [2.45, 2.75) is 6.61 Å². The van der Waals surface area contributed by atoms with Gasteiger partial charge in [0.2, 0.25) is 5.89 Å². The number of aliphatic hydroxyl groups is 1. The average Bonchev–Trinajstić information content (AvgIpc) is 3.36. The van der Waals surface area contributed by atoms with Gasteiger partial charge in [0.15, 0.2) is 11.4 Å². The summed E-state index contributed by atoms with van der Waals surface area (Å²) in [5.74, 6) is -1.04. The molecule has 10 heteroatoms. The first-order valence-corrected chi connectivity index (χ1v) is 10.3. The van der Waals surface area contributed by atoms with Crippen LogP contribution in [0.25, 0.3) is 22.0 Å². The van der Waals surface area contributed by atoms with Gasteiger partial charge in [-0.3, -0.25) is 9.48 Å². The number of anilines is 2. The van der Waals surface area contributed by atoms with Crippen LogP contribution in [0.2, 0.25) is 0 Å². The van der Waals surface area contributed by atoms with Crippen molar-refractivity contribution in [2.24, 2.45) is 7.05 Å². The minimum absolute atomic E-state index is 0.00990. The van der Waals surface area contributed by atoms with Crippen LogP contribution in [0.3, 0.4) is 0 Å². The maximum absolute atomic E-state index is 14.4. The van der Waals surface area contributed by atoms with Gasteiger partial charge in [0.1, 0.15) is 17.6 Å². The number of hydrogen-bond donors (Lipinski definition) is 2. The zero-order chi connectivity index (χ0) is 22.4. The molecule has 2 N–H and O–H groups in total. The van der Waals surface area contributed by atoms with Crippen LogP contribution in [-0.2, 0) is 13.7 Å². The summed E-state index contributed by atoms with van der Waals surface area (Å²) >= 11 is 0. The van der Waals surface area contributed by atoms with E-state index in [-0.39, 0.29) is 22.7 Å². The van der Waals surface area contributed by atoms with E-state index >= 15 is 0 Å². The summed E-state index contributed by atoms with van der Waals surface area (Å²) in [6.45, 7) is 3.30. The minimum Gasteiger partial charge on any atom is -0.438 e. The van der Waals surface area contributed by atoms with E-state index in [1.807, 2.05) is 19.3 Å². The molecule has 4 aromatic rings. The number of benzene rings is 2.